The Morgan fingerprint density at radius 1 is 1.16 bits per heavy atom. The van der Waals surface area contributed by atoms with Gasteiger partial charge in [0.1, 0.15) is 11.3 Å². The van der Waals surface area contributed by atoms with Crippen molar-refractivity contribution >= 4 is 75.4 Å². The van der Waals surface area contributed by atoms with Crippen molar-refractivity contribution in [3.8, 4) is 0 Å². The minimum Gasteiger partial charge on any atom is -0.355 e. The van der Waals surface area contributed by atoms with Gasteiger partial charge in [0.15, 0.2) is 17.9 Å². The molecule has 0 aromatic heterocycles. The molecule has 6 rings (SSSR count). The van der Waals surface area contributed by atoms with E-state index in [4.69, 9.17) is 39.5 Å². The number of hydrazine groups is 1. The molecule has 45 heavy (non-hydrogen) atoms. The fourth-order valence-electron chi connectivity index (χ4n) is 6.48. The lowest BCUT2D eigenvalue weighted by atomic mass is 9.73. The van der Waals surface area contributed by atoms with Crippen molar-refractivity contribution in [1.82, 2.24) is 10.4 Å². The number of anilines is 3. The molecule has 0 radical (unpaired) electrons. The van der Waals surface area contributed by atoms with Gasteiger partial charge in [-0.05, 0) is 80.5 Å². The summed E-state index contributed by atoms with van der Waals surface area (Å²) in [6, 6.07) is 9.86. The third kappa shape index (κ3) is 5.80. The minimum absolute atomic E-state index is 0.0915. The largest absolute Gasteiger partial charge is 0.355 e. The highest BCUT2D eigenvalue weighted by Crippen LogP contribution is 2.53. The van der Waals surface area contributed by atoms with Crippen LogP contribution in [0.4, 0.5) is 17.1 Å². The maximum absolute atomic E-state index is 13.8. The molecule has 0 bridgehead atoms. The minimum atomic E-state index is -1.36. The lowest BCUT2D eigenvalue weighted by Gasteiger charge is -2.31. The first-order valence-corrected chi connectivity index (χ1v) is 16.0. The van der Waals surface area contributed by atoms with Gasteiger partial charge in [-0.1, -0.05) is 54.7 Å². The van der Waals surface area contributed by atoms with E-state index in [-0.39, 0.29) is 32.5 Å². The summed E-state index contributed by atoms with van der Waals surface area (Å²) in [5.41, 5.74) is 3.70. The molecule has 10 nitrogen and oxygen atoms in total. The number of amides is 3. The average Bonchev–Trinajstić information content (AvgIpc) is 3.64. The molecule has 2 fully saturated rings. The zero-order chi connectivity index (χ0) is 32.0. The molecule has 13 heteroatoms. The van der Waals surface area contributed by atoms with Gasteiger partial charge in [-0.15, -0.1) is 5.10 Å². The fraction of sp³-hybridized carbons (Fsp3) is 0.375. The van der Waals surface area contributed by atoms with Crippen LogP contribution in [-0.4, -0.2) is 46.8 Å². The fourth-order valence-corrected chi connectivity index (χ4v) is 7.46. The summed E-state index contributed by atoms with van der Waals surface area (Å²) >= 11 is 18.9. The van der Waals surface area contributed by atoms with Gasteiger partial charge in [0.05, 0.1) is 10.0 Å². The number of carbonyl (C=O) groups excluding carboxylic acids is 3. The molecule has 1 saturated heterocycles. The number of hydrazone groups is 1. The number of hydrogen-bond donors (Lipinski definition) is 2. The molecule has 4 aliphatic rings. The summed E-state index contributed by atoms with van der Waals surface area (Å²) < 4.78 is 6.12. The third-order valence-corrected chi connectivity index (χ3v) is 9.64. The lowest BCUT2D eigenvalue weighted by Crippen LogP contribution is -2.45. The van der Waals surface area contributed by atoms with E-state index in [9.17, 15) is 14.4 Å². The molecule has 2 aromatic carbocycles. The standard InChI is InChI=1S/C32H33Cl3N6O4/c1-4-39(31(44)27-32(45-27)11-10-18(2)14-19(32)3)22-9-7-8-21(17-22)37-29(42)25-28(40-13-6-5-12-36-40)38-41(30(25)43)26-23(34)15-20(33)16-24(26)35/h5-9,12-13,15-19,25,27,36H,4,10-11,14H2,1-3H3,(H,37,42). The van der Waals surface area contributed by atoms with Crippen molar-refractivity contribution in [3.63, 3.8) is 0 Å². The summed E-state index contributed by atoms with van der Waals surface area (Å²) in [5, 5.41) is 10.3. The molecule has 2 aromatic rings. The summed E-state index contributed by atoms with van der Waals surface area (Å²) in [6.07, 6.45) is 9.22. The van der Waals surface area contributed by atoms with Crippen LogP contribution < -0.4 is 20.7 Å². The molecule has 5 unspecified atom stereocenters. The van der Waals surface area contributed by atoms with Crippen molar-refractivity contribution in [2.45, 2.75) is 51.7 Å². The maximum Gasteiger partial charge on any atom is 0.268 e. The number of benzene rings is 2. The van der Waals surface area contributed by atoms with Gasteiger partial charge in [-0.3, -0.25) is 14.4 Å². The molecule has 1 spiro atoms. The number of allylic oxidation sites excluding steroid dienone is 2. The van der Waals surface area contributed by atoms with E-state index >= 15 is 0 Å². The van der Waals surface area contributed by atoms with Crippen molar-refractivity contribution in [2.24, 2.45) is 22.9 Å². The molecule has 3 aliphatic heterocycles. The second-order valence-electron chi connectivity index (χ2n) is 11.8. The van der Waals surface area contributed by atoms with Gasteiger partial charge in [-0.2, -0.15) is 5.01 Å². The first-order valence-electron chi connectivity index (χ1n) is 14.9. The Hall–Kier alpha value is -3.57. The summed E-state index contributed by atoms with van der Waals surface area (Å²) in [5.74, 6) is -1.72. The van der Waals surface area contributed by atoms with Crippen molar-refractivity contribution in [2.75, 3.05) is 21.8 Å². The number of nitrogens with one attached hydrogen (secondary N) is 2. The number of carbonyl (C=O) groups is 3. The van der Waals surface area contributed by atoms with Gasteiger partial charge < -0.3 is 20.4 Å². The highest BCUT2D eigenvalue weighted by Gasteiger charge is 2.65. The Bertz CT molecular complexity index is 1620. The van der Waals surface area contributed by atoms with E-state index < -0.39 is 29.4 Å². The highest BCUT2D eigenvalue weighted by molar-refractivity contribution is 6.43. The topological polar surface area (TPSA) is 110 Å². The number of rotatable bonds is 6. The Balaban J connectivity index is 1.23. The second kappa shape index (κ2) is 12.3. The van der Waals surface area contributed by atoms with Gasteiger partial charge in [0, 0.05) is 35.3 Å². The Labute approximate surface area is 276 Å². The Morgan fingerprint density at radius 2 is 1.91 bits per heavy atom. The zero-order valence-electron chi connectivity index (χ0n) is 25.0. The van der Waals surface area contributed by atoms with Gasteiger partial charge in [0.25, 0.3) is 11.8 Å². The van der Waals surface area contributed by atoms with E-state index in [2.05, 4.69) is 29.7 Å². The van der Waals surface area contributed by atoms with Crippen LogP contribution in [0, 0.1) is 17.8 Å². The van der Waals surface area contributed by atoms with Crippen LogP contribution in [0.25, 0.3) is 0 Å². The van der Waals surface area contributed by atoms with Crippen LogP contribution in [0.1, 0.15) is 40.0 Å². The smallest absolute Gasteiger partial charge is 0.268 e. The Morgan fingerprint density at radius 3 is 2.58 bits per heavy atom. The predicted octanol–water partition coefficient (Wildman–Crippen LogP) is 6.36. The van der Waals surface area contributed by atoms with Crippen molar-refractivity contribution < 1.29 is 19.1 Å². The number of amidine groups is 1. The maximum atomic E-state index is 13.8. The molecule has 3 amide bonds. The van der Waals surface area contributed by atoms with E-state index in [0.29, 0.717) is 29.8 Å². The number of hydrogen-bond acceptors (Lipinski definition) is 7. The highest BCUT2D eigenvalue weighted by atomic mass is 35.5. The third-order valence-electron chi connectivity index (χ3n) is 8.85. The first-order chi connectivity index (χ1) is 21.5. The van der Waals surface area contributed by atoms with Gasteiger partial charge in [-0.25, -0.2) is 5.01 Å². The predicted molar refractivity (Wildman–Crippen MR) is 176 cm³/mol. The molecule has 2 N–H and O–H groups in total. The van der Waals surface area contributed by atoms with E-state index in [1.807, 2.05) is 13.0 Å². The molecule has 236 valence electrons. The molecule has 3 heterocycles. The van der Waals surface area contributed by atoms with Crippen molar-refractivity contribution in [3.05, 3.63) is 76.0 Å². The number of halogens is 3. The molecular formula is C32H33Cl3N6O4. The molecule has 1 saturated carbocycles. The SMILES string of the molecule is CCN(C(=O)C1OC12CCC(C)CC2C)c1cccc(NC(=O)C2C(=O)N(c3c(Cl)cc(Cl)cc3Cl)N=C2N2C=CC=CN2)c1. The van der Waals surface area contributed by atoms with Gasteiger partial charge in [0.2, 0.25) is 5.91 Å². The average molecular weight is 672 g/mol. The van der Waals surface area contributed by atoms with Crippen LogP contribution in [0.15, 0.2) is 66.1 Å². The summed E-state index contributed by atoms with van der Waals surface area (Å²) in [4.78, 5) is 43.0. The van der Waals surface area contributed by atoms with Crippen LogP contribution in [0.3, 0.4) is 0 Å². The van der Waals surface area contributed by atoms with E-state index in [0.717, 1.165) is 24.3 Å². The first kappa shape index (κ1) is 31.4. The quantitative estimate of drug-likeness (QED) is 0.274. The zero-order valence-corrected chi connectivity index (χ0v) is 27.2. The number of ether oxygens (including phenoxy) is 1. The molecule has 1 aliphatic carbocycles. The van der Waals surface area contributed by atoms with Crippen LogP contribution in [-0.2, 0) is 19.1 Å². The number of nitrogens with zero attached hydrogens (tertiary/aromatic N) is 4. The second-order valence-corrected chi connectivity index (χ2v) is 13.1. The monoisotopic (exact) mass is 670 g/mol. The Kier molecular flexibility index (Phi) is 8.60. The van der Waals surface area contributed by atoms with Gasteiger partial charge >= 0.3 is 0 Å². The number of epoxide rings is 1. The van der Waals surface area contributed by atoms with E-state index in [1.54, 1.807) is 47.7 Å². The van der Waals surface area contributed by atoms with Crippen molar-refractivity contribution in [1.29, 1.82) is 0 Å². The van der Waals surface area contributed by atoms with Crippen LogP contribution in [0.5, 0.6) is 0 Å². The van der Waals surface area contributed by atoms with Crippen LogP contribution >= 0.6 is 34.8 Å². The summed E-state index contributed by atoms with van der Waals surface area (Å²) in [6.45, 7) is 6.73. The van der Waals surface area contributed by atoms with E-state index in [1.165, 1.54) is 17.1 Å². The summed E-state index contributed by atoms with van der Waals surface area (Å²) in [7, 11) is 0. The number of likely N-dealkylation sites (N-methyl/N-ethyl adjacent to an activating group) is 1. The lowest BCUT2D eigenvalue weighted by molar-refractivity contribution is -0.127. The van der Waals surface area contributed by atoms with Crippen LogP contribution in [0.2, 0.25) is 15.1 Å². The molecular weight excluding hydrogens is 639 g/mol. The normalized spacial score (nSPS) is 27.0. The molecule has 5 atom stereocenters.